The number of hydrogen-bond donors (Lipinski definition) is 1. The van der Waals surface area contributed by atoms with Crippen LogP contribution in [-0.2, 0) is 19.4 Å². The Morgan fingerprint density at radius 1 is 1.00 bits per heavy atom. The largest absolute Gasteiger partial charge is 0.325 e. The molecule has 3 rings (SSSR count). The molecule has 118 valence electrons. The van der Waals surface area contributed by atoms with E-state index in [1.165, 1.54) is 23.3 Å². The van der Waals surface area contributed by atoms with E-state index >= 15 is 0 Å². The lowest BCUT2D eigenvalue weighted by Crippen LogP contribution is -2.07. The summed E-state index contributed by atoms with van der Waals surface area (Å²) in [6, 6.07) is 14.7. The summed E-state index contributed by atoms with van der Waals surface area (Å²) < 4.78 is 14.9. The number of hydrogen-bond acceptors (Lipinski definition) is 3. The topological polar surface area (TPSA) is 56.7 Å². The zero-order valence-electron chi connectivity index (χ0n) is 13.0. The van der Waals surface area contributed by atoms with Crippen LogP contribution < -0.4 is 5.73 Å². The summed E-state index contributed by atoms with van der Waals surface area (Å²) in [5, 5.41) is 8.33. The van der Waals surface area contributed by atoms with Gasteiger partial charge in [-0.05, 0) is 49.6 Å². The van der Waals surface area contributed by atoms with Crippen molar-refractivity contribution >= 4 is 0 Å². The van der Waals surface area contributed by atoms with Gasteiger partial charge in [0.25, 0.3) is 0 Å². The van der Waals surface area contributed by atoms with Crippen LogP contribution in [0.1, 0.15) is 22.5 Å². The Kier molecular flexibility index (Phi) is 4.48. The van der Waals surface area contributed by atoms with E-state index in [0.717, 1.165) is 29.9 Å². The molecule has 0 aliphatic heterocycles. The van der Waals surface area contributed by atoms with Gasteiger partial charge in [-0.1, -0.05) is 35.0 Å². The van der Waals surface area contributed by atoms with Crippen molar-refractivity contribution in [2.45, 2.75) is 26.3 Å². The van der Waals surface area contributed by atoms with Crippen LogP contribution in [0.2, 0.25) is 0 Å². The molecule has 0 saturated carbocycles. The molecular formula is C18H19FN4. The molecule has 4 nitrogen and oxygen atoms in total. The Labute approximate surface area is 134 Å². The average molecular weight is 310 g/mol. The van der Waals surface area contributed by atoms with E-state index in [1.807, 2.05) is 0 Å². The van der Waals surface area contributed by atoms with Crippen LogP contribution in [0.5, 0.6) is 0 Å². The maximum Gasteiger partial charge on any atom is 0.123 e. The molecule has 2 aromatic carbocycles. The van der Waals surface area contributed by atoms with E-state index in [9.17, 15) is 4.39 Å². The zero-order chi connectivity index (χ0) is 16.2. The second kappa shape index (κ2) is 6.71. The van der Waals surface area contributed by atoms with Crippen molar-refractivity contribution in [3.05, 3.63) is 76.9 Å². The van der Waals surface area contributed by atoms with Gasteiger partial charge < -0.3 is 5.73 Å². The minimum absolute atomic E-state index is 0.269. The Morgan fingerprint density at radius 2 is 1.70 bits per heavy atom. The first-order chi connectivity index (χ1) is 11.2. The van der Waals surface area contributed by atoms with Crippen molar-refractivity contribution in [2.24, 2.45) is 5.73 Å². The van der Waals surface area contributed by atoms with Crippen LogP contribution in [0.4, 0.5) is 4.39 Å². The molecule has 0 radical (unpaired) electrons. The molecule has 0 fully saturated rings. The number of rotatable bonds is 5. The molecule has 0 atom stereocenters. The standard InChI is InChI=1S/C18H19FN4/c1-13-2-4-14(5-3-13)6-11-18-17(12-20)21-22-23(18)16-9-7-15(19)8-10-16/h2-5,7-10H,6,11-12,20H2,1H3. The average Bonchev–Trinajstić information content (AvgIpc) is 2.98. The number of nitrogens with zero attached hydrogens (tertiary/aromatic N) is 3. The molecule has 2 N–H and O–H groups in total. The Balaban J connectivity index is 1.86. The third-order valence-corrected chi connectivity index (χ3v) is 3.88. The van der Waals surface area contributed by atoms with Gasteiger partial charge in [0.2, 0.25) is 0 Å². The summed E-state index contributed by atoms with van der Waals surface area (Å²) >= 11 is 0. The summed E-state index contributed by atoms with van der Waals surface area (Å²) in [4.78, 5) is 0. The quantitative estimate of drug-likeness (QED) is 0.788. The third kappa shape index (κ3) is 3.46. The van der Waals surface area contributed by atoms with Crippen LogP contribution in [0, 0.1) is 12.7 Å². The lowest BCUT2D eigenvalue weighted by molar-refractivity contribution is 0.626. The van der Waals surface area contributed by atoms with Gasteiger partial charge in [-0.15, -0.1) is 5.10 Å². The van der Waals surface area contributed by atoms with Gasteiger partial charge >= 0.3 is 0 Å². The lowest BCUT2D eigenvalue weighted by Gasteiger charge is -2.08. The fourth-order valence-corrected chi connectivity index (χ4v) is 2.55. The number of aryl methyl sites for hydroxylation is 2. The predicted molar refractivity (Wildman–Crippen MR) is 87.8 cm³/mol. The molecule has 0 unspecified atom stereocenters. The normalized spacial score (nSPS) is 10.9. The van der Waals surface area contributed by atoms with Gasteiger partial charge in [0, 0.05) is 6.54 Å². The lowest BCUT2D eigenvalue weighted by atomic mass is 10.1. The van der Waals surface area contributed by atoms with Crippen molar-refractivity contribution in [1.82, 2.24) is 15.0 Å². The molecule has 0 spiro atoms. The Morgan fingerprint density at radius 3 is 2.35 bits per heavy atom. The van der Waals surface area contributed by atoms with Crippen molar-refractivity contribution in [1.29, 1.82) is 0 Å². The molecular weight excluding hydrogens is 291 g/mol. The van der Waals surface area contributed by atoms with Gasteiger partial charge in [-0.2, -0.15) is 0 Å². The molecule has 3 aromatic rings. The fraction of sp³-hybridized carbons (Fsp3) is 0.222. The van der Waals surface area contributed by atoms with Gasteiger partial charge in [0.15, 0.2) is 0 Å². The van der Waals surface area contributed by atoms with Crippen molar-refractivity contribution in [2.75, 3.05) is 0 Å². The third-order valence-electron chi connectivity index (χ3n) is 3.88. The smallest absolute Gasteiger partial charge is 0.123 e. The van der Waals surface area contributed by atoms with Crippen molar-refractivity contribution in [3.63, 3.8) is 0 Å². The monoisotopic (exact) mass is 310 g/mol. The van der Waals surface area contributed by atoms with Gasteiger partial charge in [-0.3, -0.25) is 0 Å². The van der Waals surface area contributed by atoms with Crippen molar-refractivity contribution in [3.8, 4) is 5.69 Å². The number of aromatic nitrogens is 3. The molecule has 23 heavy (non-hydrogen) atoms. The summed E-state index contributed by atoms with van der Waals surface area (Å²) in [7, 11) is 0. The maximum absolute atomic E-state index is 13.1. The highest BCUT2D eigenvalue weighted by atomic mass is 19.1. The van der Waals surface area contributed by atoms with E-state index in [1.54, 1.807) is 16.8 Å². The van der Waals surface area contributed by atoms with Crippen LogP contribution in [0.15, 0.2) is 48.5 Å². The maximum atomic E-state index is 13.1. The van der Waals surface area contributed by atoms with Crippen LogP contribution in [0.3, 0.4) is 0 Å². The van der Waals surface area contributed by atoms with Gasteiger partial charge in [0.05, 0.1) is 17.1 Å². The van der Waals surface area contributed by atoms with E-state index < -0.39 is 0 Å². The van der Waals surface area contributed by atoms with Crippen LogP contribution in [0.25, 0.3) is 5.69 Å². The zero-order valence-corrected chi connectivity index (χ0v) is 13.0. The SMILES string of the molecule is Cc1ccc(CCc2c(CN)nnn2-c2ccc(F)cc2)cc1. The minimum Gasteiger partial charge on any atom is -0.325 e. The number of benzene rings is 2. The van der Waals surface area contributed by atoms with E-state index in [-0.39, 0.29) is 5.82 Å². The summed E-state index contributed by atoms with van der Waals surface area (Å²) in [5.74, 6) is -0.269. The van der Waals surface area contributed by atoms with E-state index in [0.29, 0.717) is 6.54 Å². The van der Waals surface area contributed by atoms with Crippen LogP contribution >= 0.6 is 0 Å². The van der Waals surface area contributed by atoms with Gasteiger partial charge in [-0.25, -0.2) is 9.07 Å². The summed E-state index contributed by atoms with van der Waals surface area (Å²) in [6.07, 6.45) is 1.65. The second-order valence-electron chi connectivity index (χ2n) is 5.56. The Hall–Kier alpha value is -2.53. The highest BCUT2D eigenvalue weighted by Crippen LogP contribution is 2.16. The van der Waals surface area contributed by atoms with Gasteiger partial charge in [0.1, 0.15) is 5.82 Å². The second-order valence-corrected chi connectivity index (χ2v) is 5.56. The highest BCUT2D eigenvalue weighted by molar-refractivity contribution is 5.34. The predicted octanol–water partition coefficient (Wildman–Crippen LogP) is 2.96. The van der Waals surface area contributed by atoms with Crippen LogP contribution in [-0.4, -0.2) is 15.0 Å². The summed E-state index contributed by atoms with van der Waals surface area (Å²) in [5.41, 5.74) is 10.8. The molecule has 0 aliphatic carbocycles. The first kappa shape index (κ1) is 15.4. The molecule has 1 aromatic heterocycles. The molecule has 0 amide bonds. The first-order valence-corrected chi connectivity index (χ1v) is 7.62. The molecule has 0 bridgehead atoms. The number of nitrogens with two attached hydrogens (primary N) is 1. The molecule has 5 heteroatoms. The summed E-state index contributed by atoms with van der Waals surface area (Å²) in [6.45, 7) is 2.41. The van der Waals surface area contributed by atoms with E-state index in [2.05, 4.69) is 41.5 Å². The minimum atomic E-state index is -0.269. The Bertz CT molecular complexity index is 776. The number of halogens is 1. The highest BCUT2D eigenvalue weighted by Gasteiger charge is 2.13. The fourth-order valence-electron chi connectivity index (χ4n) is 2.55. The van der Waals surface area contributed by atoms with Crippen molar-refractivity contribution < 1.29 is 4.39 Å². The molecule has 0 saturated heterocycles. The first-order valence-electron chi connectivity index (χ1n) is 7.62. The molecule has 0 aliphatic rings. The van der Waals surface area contributed by atoms with E-state index in [4.69, 9.17) is 5.73 Å². The molecule has 1 heterocycles.